The monoisotopic (exact) mass is 260 g/mol. The number of carboxylic acids is 1. The smallest absolute Gasteiger partial charge is 0.541 e. The molecule has 0 fully saturated rings. The molecule has 2 aromatic rings. The van der Waals surface area contributed by atoms with Gasteiger partial charge >= 0.3 is 29.6 Å². The summed E-state index contributed by atoms with van der Waals surface area (Å²) in [5, 5.41) is 14.1. The zero-order chi connectivity index (χ0) is 12.4. The summed E-state index contributed by atoms with van der Waals surface area (Å²) in [7, 11) is 1.35. The topological polar surface area (TPSA) is 93.0 Å². The standard InChI is InChI=1S/C9H7FN4O3.Na/c1-17-8-6(2-5(10)3-11-8)14-4-12-7(13-14)9(15)16;/h2-4H,1H3,(H,15,16);/q;+1/p-1. The number of carbonyl (C=O) groups excluding carboxylic acids is 1. The van der Waals surface area contributed by atoms with E-state index in [1.165, 1.54) is 7.11 Å². The number of halogens is 1. The summed E-state index contributed by atoms with van der Waals surface area (Å²) >= 11 is 0. The van der Waals surface area contributed by atoms with E-state index in [2.05, 4.69) is 15.1 Å². The Bertz CT molecular complexity index is 575. The van der Waals surface area contributed by atoms with E-state index < -0.39 is 17.6 Å². The van der Waals surface area contributed by atoms with Crippen LogP contribution in [0.15, 0.2) is 18.6 Å². The summed E-state index contributed by atoms with van der Waals surface area (Å²) < 4.78 is 19.0. The maximum atomic E-state index is 13.0. The molecule has 9 heteroatoms. The number of methoxy groups -OCH3 is 1. The molecule has 0 bridgehead atoms. The van der Waals surface area contributed by atoms with Gasteiger partial charge in [0, 0.05) is 6.07 Å². The fourth-order valence-electron chi connectivity index (χ4n) is 1.21. The van der Waals surface area contributed by atoms with Crippen molar-refractivity contribution in [3.63, 3.8) is 0 Å². The summed E-state index contributed by atoms with van der Waals surface area (Å²) in [6.45, 7) is 0. The number of hydrogen-bond acceptors (Lipinski definition) is 6. The summed E-state index contributed by atoms with van der Waals surface area (Å²) in [4.78, 5) is 17.7. The number of pyridine rings is 1. The molecule has 0 N–H and O–H groups in total. The van der Waals surface area contributed by atoms with Crippen LogP contribution in [0.5, 0.6) is 5.88 Å². The third kappa shape index (κ3) is 2.84. The van der Waals surface area contributed by atoms with Crippen molar-refractivity contribution in [1.82, 2.24) is 19.7 Å². The first kappa shape index (κ1) is 14.6. The van der Waals surface area contributed by atoms with E-state index in [9.17, 15) is 14.3 Å². The normalized spacial score (nSPS) is 9.67. The van der Waals surface area contributed by atoms with Crippen LogP contribution in [0.4, 0.5) is 4.39 Å². The molecule has 0 aliphatic carbocycles. The van der Waals surface area contributed by atoms with E-state index in [-0.39, 0.29) is 41.1 Å². The van der Waals surface area contributed by atoms with E-state index in [1.54, 1.807) is 0 Å². The summed E-state index contributed by atoms with van der Waals surface area (Å²) in [5.74, 6) is -2.53. The number of carboxylic acid groups (broad SMARTS) is 1. The van der Waals surface area contributed by atoms with Gasteiger partial charge in [-0.2, -0.15) is 0 Å². The van der Waals surface area contributed by atoms with Gasteiger partial charge in [0.1, 0.15) is 23.8 Å². The van der Waals surface area contributed by atoms with Gasteiger partial charge < -0.3 is 14.6 Å². The van der Waals surface area contributed by atoms with E-state index in [4.69, 9.17) is 4.74 Å². The summed E-state index contributed by atoms with van der Waals surface area (Å²) in [5.41, 5.74) is 0.146. The average molecular weight is 260 g/mol. The predicted octanol–water partition coefficient (Wildman–Crippen LogP) is -3.82. The number of rotatable bonds is 3. The molecular formula is C9H6FN4NaO3. The van der Waals surface area contributed by atoms with Gasteiger partial charge in [-0.1, -0.05) is 0 Å². The van der Waals surface area contributed by atoms with Gasteiger partial charge in [0.05, 0.1) is 13.3 Å². The molecule has 0 spiro atoms. The van der Waals surface area contributed by atoms with Crippen LogP contribution >= 0.6 is 0 Å². The van der Waals surface area contributed by atoms with Crippen molar-refractivity contribution in [2.75, 3.05) is 7.11 Å². The quantitative estimate of drug-likeness (QED) is 0.525. The third-order valence-corrected chi connectivity index (χ3v) is 1.91. The van der Waals surface area contributed by atoms with E-state index >= 15 is 0 Å². The van der Waals surface area contributed by atoms with Crippen molar-refractivity contribution in [2.45, 2.75) is 0 Å². The van der Waals surface area contributed by atoms with Gasteiger partial charge in [-0.05, 0) is 0 Å². The van der Waals surface area contributed by atoms with E-state index in [1.807, 2.05) is 0 Å². The number of hydrogen-bond donors (Lipinski definition) is 0. The SMILES string of the molecule is COc1ncc(F)cc1-n1cnc(C(=O)[O-])n1.[Na+]. The van der Waals surface area contributed by atoms with Crippen molar-refractivity contribution < 1.29 is 48.6 Å². The molecule has 0 atom stereocenters. The second-order valence-electron chi connectivity index (χ2n) is 2.98. The largest absolute Gasteiger partial charge is 1.00 e. The average Bonchev–Trinajstić information content (AvgIpc) is 2.78. The number of aromatic carboxylic acids is 1. The fourth-order valence-corrected chi connectivity index (χ4v) is 1.21. The number of carbonyl (C=O) groups is 1. The summed E-state index contributed by atoms with van der Waals surface area (Å²) in [6.07, 6.45) is 2.07. The molecule has 0 aliphatic heterocycles. The molecule has 2 aromatic heterocycles. The Morgan fingerprint density at radius 1 is 1.50 bits per heavy atom. The van der Waals surface area contributed by atoms with Crippen LogP contribution in [-0.2, 0) is 0 Å². The molecule has 0 amide bonds. The van der Waals surface area contributed by atoms with Crippen LogP contribution in [-0.4, -0.2) is 32.8 Å². The van der Waals surface area contributed by atoms with E-state index in [0.29, 0.717) is 0 Å². The zero-order valence-corrected chi connectivity index (χ0v) is 11.6. The fraction of sp³-hybridized carbons (Fsp3) is 0.111. The Labute approximate surface area is 123 Å². The van der Waals surface area contributed by atoms with E-state index in [0.717, 1.165) is 23.3 Å². The third-order valence-electron chi connectivity index (χ3n) is 1.91. The molecule has 0 saturated heterocycles. The number of nitrogens with zero attached hydrogens (tertiary/aromatic N) is 4. The van der Waals surface area contributed by atoms with Gasteiger partial charge in [0.15, 0.2) is 5.82 Å². The molecular weight excluding hydrogens is 254 g/mol. The summed E-state index contributed by atoms with van der Waals surface area (Å²) in [6, 6.07) is 1.10. The molecule has 2 rings (SSSR count). The molecule has 18 heavy (non-hydrogen) atoms. The Morgan fingerprint density at radius 3 is 2.78 bits per heavy atom. The van der Waals surface area contributed by atoms with Gasteiger partial charge in [0.2, 0.25) is 5.88 Å². The van der Waals surface area contributed by atoms with Gasteiger partial charge in [-0.3, -0.25) is 0 Å². The minimum atomic E-state index is -1.52. The van der Waals surface area contributed by atoms with Gasteiger partial charge in [-0.15, -0.1) is 5.10 Å². The zero-order valence-electron chi connectivity index (χ0n) is 9.62. The molecule has 0 saturated carbocycles. The second kappa shape index (κ2) is 5.89. The van der Waals surface area contributed by atoms with Crippen molar-refractivity contribution in [1.29, 1.82) is 0 Å². The van der Waals surface area contributed by atoms with Gasteiger partial charge in [-0.25, -0.2) is 19.0 Å². The van der Waals surface area contributed by atoms with Crippen molar-refractivity contribution >= 4 is 5.97 Å². The molecule has 0 aliphatic rings. The van der Waals surface area contributed by atoms with Gasteiger partial charge in [0.25, 0.3) is 0 Å². The maximum Gasteiger partial charge on any atom is 1.00 e. The second-order valence-corrected chi connectivity index (χ2v) is 2.98. The Morgan fingerprint density at radius 2 is 2.22 bits per heavy atom. The maximum absolute atomic E-state index is 13.0. The Balaban J connectivity index is 0.00000162. The number of ether oxygens (including phenoxy) is 1. The number of aromatic nitrogens is 4. The first-order valence-electron chi connectivity index (χ1n) is 4.44. The van der Waals surface area contributed by atoms with Crippen LogP contribution in [0.1, 0.15) is 10.6 Å². The Kier molecular flexibility index (Phi) is 4.76. The molecule has 2 heterocycles. The minimum Gasteiger partial charge on any atom is -0.541 e. The molecule has 0 radical (unpaired) electrons. The van der Waals surface area contributed by atoms with Crippen molar-refractivity contribution in [3.8, 4) is 11.6 Å². The van der Waals surface area contributed by atoms with Crippen LogP contribution in [0.3, 0.4) is 0 Å². The molecule has 0 unspecified atom stereocenters. The molecule has 7 nitrogen and oxygen atoms in total. The first-order chi connectivity index (χ1) is 8.11. The predicted molar refractivity (Wildman–Crippen MR) is 50.0 cm³/mol. The van der Waals surface area contributed by atoms with Crippen molar-refractivity contribution in [3.05, 3.63) is 30.2 Å². The Hall–Kier alpha value is -1.51. The van der Waals surface area contributed by atoms with Crippen molar-refractivity contribution in [2.24, 2.45) is 0 Å². The van der Waals surface area contributed by atoms with Crippen LogP contribution < -0.4 is 39.4 Å². The molecule has 0 aromatic carbocycles. The van der Waals surface area contributed by atoms with Crippen LogP contribution in [0, 0.1) is 5.82 Å². The van der Waals surface area contributed by atoms with Crippen LogP contribution in [0.25, 0.3) is 5.69 Å². The minimum absolute atomic E-state index is 0. The van der Waals surface area contributed by atoms with Crippen LogP contribution in [0.2, 0.25) is 0 Å². The molecule has 88 valence electrons. The first-order valence-corrected chi connectivity index (χ1v) is 4.44.